The molecule has 0 radical (unpaired) electrons. The highest BCUT2D eigenvalue weighted by Crippen LogP contribution is 2.18. The van der Waals surface area contributed by atoms with Crippen LogP contribution < -0.4 is 5.32 Å². The van der Waals surface area contributed by atoms with Gasteiger partial charge in [-0.15, -0.1) is 0 Å². The van der Waals surface area contributed by atoms with Crippen molar-refractivity contribution in [2.45, 2.75) is 46.1 Å². The molecule has 1 atom stereocenters. The zero-order chi connectivity index (χ0) is 12.8. The van der Waals surface area contributed by atoms with Crippen LogP contribution in [0.15, 0.2) is 18.2 Å². The van der Waals surface area contributed by atoms with Gasteiger partial charge in [0.15, 0.2) is 0 Å². The van der Waals surface area contributed by atoms with Gasteiger partial charge < -0.3 is 10.4 Å². The van der Waals surface area contributed by atoms with E-state index in [4.69, 9.17) is 5.11 Å². The molecule has 1 aromatic rings. The summed E-state index contributed by atoms with van der Waals surface area (Å²) in [5.74, 6) is -0.778. The molecule has 1 unspecified atom stereocenters. The van der Waals surface area contributed by atoms with Crippen LogP contribution in [0.25, 0.3) is 0 Å². The first-order valence-electron chi connectivity index (χ1n) is 6.11. The number of carboxylic acids is 1. The van der Waals surface area contributed by atoms with E-state index in [-0.39, 0.29) is 0 Å². The Balaban J connectivity index is 2.78. The summed E-state index contributed by atoms with van der Waals surface area (Å²) < 4.78 is 0. The fourth-order valence-corrected chi connectivity index (χ4v) is 1.74. The van der Waals surface area contributed by atoms with E-state index in [0.29, 0.717) is 6.42 Å². The number of unbranched alkanes of at least 4 members (excludes halogenated alkanes) is 1. The average molecular weight is 235 g/mol. The van der Waals surface area contributed by atoms with Crippen LogP contribution in [-0.2, 0) is 4.79 Å². The summed E-state index contributed by atoms with van der Waals surface area (Å²) in [4.78, 5) is 11.1. The SMILES string of the molecule is CCCCC(Nc1cc(C)ccc1C)C(=O)O. The Labute approximate surface area is 103 Å². The molecule has 0 amide bonds. The van der Waals surface area contributed by atoms with Gasteiger partial charge in [-0.1, -0.05) is 31.9 Å². The second kappa shape index (κ2) is 6.28. The topological polar surface area (TPSA) is 49.3 Å². The highest BCUT2D eigenvalue weighted by atomic mass is 16.4. The van der Waals surface area contributed by atoms with E-state index in [0.717, 1.165) is 29.7 Å². The lowest BCUT2D eigenvalue weighted by Crippen LogP contribution is -2.29. The van der Waals surface area contributed by atoms with Gasteiger partial charge in [-0.05, 0) is 37.5 Å². The second-order valence-corrected chi connectivity index (χ2v) is 4.50. The molecule has 1 rings (SSSR count). The molecule has 0 bridgehead atoms. The van der Waals surface area contributed by atoms with Crippen LogP contribution in [0.2, 0.25) is 0 Å². The Bertz CT molecular complexity index is 388. The minimum atomic E-state index is -0.778. The number of hydrogen-bond donors (Lipinski definition) is 2. The first-order valence-corrected chi connectivity index (χ1v) is 6.11. The molecule has 0 aliphatic carbocycles. The van der Waals surface area contributed by atoms with Crippen molar-refractivity contribution >= 4 is 11.7 Å². The van der Waals surface area contributed by atoms with Gasteiger partial charge in [0.05, 0.1) is 0 Å². The first-order chi connectivity index (χ1) is 8.04. The van der Waals surface area contributed by atoms with Crippen LogP contribution in [0.5, 0.6) is 0 Å². The van der Waals surface area contributed by atoms with Crippen molar-refractivity contribution < 1.29 is 9.90 Å². The molecule has 3 nitrogen and oxygen atoms in total. The maximum Gasteiger partial charge on any atom is 0.326 e. The van der Waals surface area contributed by atoms with Crippen molar-refractivity contribution in [3.05, 3.63) is 29.3 Å². The molecular formula is C14H21NO2. The van der Waals surface area contributed by atoms with Crippen molar-refractivity contribution in [3.8, 4) is 0 Å². The maximum atomic E-state index is 11.1. The molecule has 0 aromatic heterocycles. The third-order valence-corrected chi connectivity index (χ3v) is 2.87. The maximum absolute atomic E-state index is 11.1. The van der Waals surface area contributed by atoms with Gasteiger partial charge in [-0.2, -0.15) is 0 Å². The van der Waals surface area contributed by atoms with Crippen molar-refractivity contribution in [1.29, 1.82) is 0 Å². The number of aryl methyl sites for hydroxylation is 2. The zero-order valence-electron chi connectivity index (χ0n) is 10.8. The van der Waals surface area contributed by atoms with E-state index >= 15 is 0 Å². The summed E-state index contributed by atoms with van der Waals surface area (Å²) in [6, 6.07) is 5.55. The first kappa shape index (κ1) is 13.6. The summed E-state index contributed by atoms with van der Waals surface area (Å²) >= 11 is 0. The Morgan fingerprint density at radius 2 is 2.12 bits per heavy atom. The third kappa shape index (κ3) is 4.10. The van der Waals surface area contributed by atoms with Crippen LogP contribution in [0, 0.1) is 13.8 Å². The molecule has 17 heavy (non-hydrogen) atoms. The van der Waals surface area contributed by atoms with E-state index < -0.39 is 12.0 Å². The van der Waals surface area contributed by atoms with Crippen LogP contribution in [0.3, 0.4) is 0 Å². The Hall–Kier alpha value is -1.51. The summed E-state index contributed by atoms with van der Waals surface area (Å²) in [6.45, 7) is 6.06. The quantitative estimate of drug-likeness (QED) is 0.795. The lowest BCUT2D eigenvalue weighted by Gasteiger charge is -2.17. The molecule has 0 saturated heterocycles. The van der Waals surface area contributed by atoms with Gasteiger partial charge >= 0.3 is 5.97 Å². The van der Waals surface area contributed by atoms with Crippen molar-refractivity contribution in [2.75, 3.05) is 5.32 Å². The predicted octanol–water partition coefficient (Wildman–Crippen LogP) is 3.36. The standard InChI is InChI=1S/C14H21NO2/c1-4-5-6-12(14(16)17)15-13-9-10(2)7-8-11(13)3/h7-9,12,15H,4-6H2,1-3H3,(H,16,17). The van der Waals surface area contributed by atoms with Crippen molar-refractivity contribution in [1.82, 2.24) is 0 Å². The van der Waals surface area contributed by atoms with Gasteiger partial charge in [0, 0.05) is 5.69 Å². The number of benzene rings is 1. The highest BCUT2D eigenvalue weighted by Gasteiger charge is 2.16. The lowest BCUT2D eigenvalue weighted by molar-refractivity contribution is -0.138. The number of hydrogen-bond acceptors (Lipinski definition) is 2. The van der Waals surface area contributed by atoms with Gasteiger partial charge in [0.1, 0.15) is 6.04 Å². The van der Waals surface area contributed by atoms with Crippen molar-refractivity contribution in [3.63, 3.8) is 0 Å². The van der Waals surface area contributed by atoms with Gasteiger partial charge in [0.25, 0.3) is 0 Å². The zero-order valence-corrected chi connectivity index (χ0v) is 10.8. The van der Waals surface area contributed by atoms with Crippen LogP contribution >= 0.6 is 0 Å². The molecule has 0 spiro atoms. The monoisotopic (exact) mass is 235 g/mol. The van der Waals surface area contributed by atoms with Crippen LogP contribution in [-0.4, -0.2) is 17.1 Å². The Kier molecular flexibility index (Phi) is 5.01. The normalized spacial score (nSPS) is 12.2. The summed E-state index contributed by atoms with van der Waals surface area (Å²) in [5.41, 5.74) is 3.14. The number of carboxylic acid groups (broad SMARTS) is 1. The average Bonchev–Trinajstić information content (AvgIpc) is 2.28. The van der Waals surface area contributed by atoms with Gasteiger partial charge in [-0.25, -0.2) is 4.79 Å². The second-order valence-electron chi connectivity index (χ2n) is 4.50. The van der Waals surface area contributed by atoms with E-state index in [1.54, 1.807) is 0 Å². The number of aliphatic carboxylic acids is 1. The minimum Gasteiger partial charge on any atom is -0.480 e. The molecule has 0 saturated carbocycles. The Morgan fingerprint density at radius 1 is 1.41 bits per heavy atom. The van der Waals surface area contributed by atoms with E-state index in [1.165, 1.54) is 0 Å². The smallest absolute Gasteiger partial charge is 0.326 e. The molecule has 0 heterocycles. The largest absolute Gasteiger partial charge is 0.480 e. The molecule has 3 heteroatoms. The van der Waals surface area contributed by atoms with Crippen molar-refractivity contribution in [2.24, 2.45) is 0 Å². The molecule has 94 valence electrons. The summed E-state index contributed by atoms with van der Waals surface area (Å²) in [6.07, 6.45) is 2.60. The number of rotatable bonds is 6. The highest BCUT2D eigenvalue weighted by molar-refractivity contribution is 5.77. The lowest BCUT2D eigenvalue weighted by atomic mass is 10.1. The van der Waals surface area contributed by atoms with Gasteiger partial charge in [0.2, 0.25) is 0 Å². The van der Waals surface area contributed by atoms with Crippen LogP contribution in [0.4, 0.5) is 5.69 Å². The van der Waals surface area contributed by atoms with Crippen LogP contribution in [0.1, 0.15) is 37.3 Å². The fraction of sp³-hybridized carbons (Fsp3) is 0.500. The third-order valence-electron chi connectivity index (χ3n) is 2.87. The number of anilines is 1. The van der Waals surface area contributed by atoms with E-state index in [1.807, 2.05) is 32.0 Å². The van der Waals surface area contributed by atoms with Gasteiger partial charge in [-0.3, -0.25) is 0 Å². The molecule has 2 N–H and O–H groups in total. The fourth-order valence-electron chi connectivity index (χ4n) is 1.74. The van der Waals surface area contributed by atoms with E-state index in [2.05, 4.69) is 12.2 Å². The molecular weight excluding hydrogens is 214 g/mol. The molecule has 0 aliphatic heterocycles. The van der Waals surface area contributed by atoms with E-state index in [9.17, 15) is 4.79 Å². The number of nitrogens with one attached hydrogen (secondary N) is 1. The predicted molar refractivity (Wildman–Crippen MR) is 70.5 cm³/mol. The molecule has 0 fully saturated rings. The molecule has 1 aromatic carbocycles. The molecule has 0 aliphatic rings. The minimum absolute atomic E-state index is 0.490. The number of carbonyl (C=O) groups is 1. The Morgan fingerprint density at radius 3 is 2.71 bits per heavy atom. The summed E-state index contributed by atoms with van der Waals surface area (Å²) in [5, 5.41) is 12.3. The summed E-state index contributed by atoms with van der Waals surface area (Å²) in [7, 11) is 0.